The molecule has 0 heterocycles. The quantitative estimate of drug-likeness (QED) is 0.520. The molecule has 9 heteroatoms. The van der Waals surface area contributed by atoms with Crippen LogP contribution in [0.4, 0.5) is 4.39 Å². The molecule has 3 aromatic rings. The van der Waals surface area contributed by atoms with Gasteiger partial charge in [-0.2, -0.15) is 0 Å². The predicted molar refractivity (Wildman–Crippen MR) is 110 cm³/mol. The molecule has 0 spiro atoms. The zero-order valence-electron chi connectivity index (χ0n) is 16.1. The molecule has 0 saturated heterocycles. The molecule has 31 heavy (non-hydrogen) atoms. The predicted octanol–water partition coefficient (Wildman–Crippen LogP) is 4.37. The number of halogens is 1. The summed E-state index contributed by atoms with van der Waals surface area (Å²) in [4.78, 5) is 23.3. The van der Waals surface area contributed by atoms with Gasteiger partial charge >= 0.3 is 11.9 Å². The molecule has 0 bridgehead atoms. The molecule has 3 rings (SSSR count). The Hall–Kier alpha value is -3.56. The number of carboxylic acid groups (broad SMARTS) is 2. The van der Waals surface area contributed by atoms with Crippen LogP contribution in [0.1, 0.15) is 31.8 Å². The van der Waals surface area contributed by atoms with E-state index in [2.05, 4.69) is 0 Å². The van der Waals surface area contributed by atoms with Crippen molar-refractivity contribution in [3.8, 4) is 22.6 Å². The summed E-state index contributed by atoms with van der Waals surface area (Å²) in [7, 11) is 0. The van der Waals surface area contributed by atoms with Crippen LogP contribution in [-0.2, 0) is 16.8 Å². The summed E-state index contributed by atoms with van der Waals surface area (Å²) in [6.07, 6.45) is 0. The number of hydrogen-bond donors (Lipinski definition) is 2. The van der Waals surface area contributed by atoms with Gasteiger partial charge in [-0.25, -0.2) is 14.0 Å². The molecule has 0 fully saturated rings. The first-order valence-corrected chi connectivity index (χ1v) is 10.1. The van der Waals surface area contributed by atoms with Gasteiger partial charge in [0.2, 0.25) is 0 Å². The molecule has 0 aliphatic carbocycles. The third kappa shape index (κ3) is 5.14. The average molecular weight is 443 g/mol. The Labute approximate surface area is 179 Å². The molecule has 7 nitrogen and oxygen atoms in total. The molecule has 0 aromatic heterocycles. The van der Waals surface area contributed by atoms with E-state index < -0.39 is 28.8 Å². The lowest BCUT2D eigenvalue weighted by Crippen LogP contribution is -2.07. The van der Waals surface area contributed by atoms with Crippen LogP contribution < -0.4 is 4.74 Å². The fourth-order valence-electron chi connectivity index (χ4n) is 3.07. The van der Waals surface area contributed by atoms with Crippen molar-refractivity contribution < 1.29 is 37.7 Å². The fraction of sp³-hybridized carbons (Fsp3) is 0.0909. The van der Waals surface area contributed by atoms with E-state index in [1.807, 2.05) is 0 Å². The number of ether oxygens (including phenoxy) is 1. The van der Waals surface area contributed by atoms with E-state index in [1.165, 1.54) is 55.5 Å². The summed E-state index contributed by atoms with van der Waals surface area (Å²) in [5.41, 5.74) is 0.658. The monoisotopic (exact) mass is 443 g/mol. The van der Waals surface area contributed by atoms with E-state index in [0.717, 1.165) is 6.07 Å². The summed E-state index contributed by atoms with van der Waals surface area (Å²) in [6.45, 7) is 1.52. The van der Waals surface area contributed by atoms with Crippen LogP contribution >= 0.6 is 0 Å². The molecule has 2 N–H and O–H groups in total. The first-order valence-electron chi connectivity index (χ1n) is 8.89. The lowest BCUT2D eigenvalue weighted by molar-refractivity contribution is 0.0695. The van der Waals surface area contributed by atoms with Crippen LogP contribution in [0.2, 0.25) is 0 Å². The van der Waals surface area contributed by atoms with Gasteiger partial charge in [0.1, 0.15) is 17.3 Å². The van der Waals surface area contributed by atoms with Crippen molar-refractivity contribution in [1.82, 2.24) is 0 Å². The van der Waals surface area contributed by atoms with Crippen LogP contribution in [0.15, 0.2) is 54.6 Å². The minimum atomic E-state index is -2.38. The van der Waals surface area contributed by atoms with Crippen LogP contribution in [0.25, 0.3) is 11.1 Å². The van der Waals surface area contributed by atoms with E-state index in [1.54, 1.807) is 0 Å². The normalized spacial score (nSPS) is 11.7. The van der Waals surface area contributed by atoms with Gasteiger partial charge < -0.3 is 19.5 Å². The molecular weight excluding hydrogens is 427 g/mol. The van der Waals surface area contributed by atoms with E-state index in [-0.39, 0.29) is 39.5 Å². The van der Waals surface area contributed by atoms with Gasteiger partial charge in [-0.1, -0.05) is 17.1 Å². The number of carboxylic acids is 2. The van der Waals surface area contributed by atoms with E-state index in [4.69, 9.17) is 4.74 Å². The van der Waals surface area contributed by atoms with Gasteiger partial charge in [-0.15, -0.1) is 0 Å². The number of benzene rings is 3. The summed E-state index contributed by atoms with van der Waals surface area (Å²) in [5, 5.41) is 19.0. The molecule has 0 saturated carbocycles. The van der Waals surface area contributed by atoms with Gasteiger partial charge in [0, 0.05) is 16.9 Å². The molecule has 160 valence electrons. The van der Waals surface area contributed by atoms with Crippen LogP contribution in [0.3, 0.4) is 0 Å². The van der Waals surface area contributed by atoms with Gasteiger partial charge in [0.25, 0.3) is 0 Å². The Balaban J connectivity index is 2.22. The number of hydrogen-bond acceptors (Lipinski definition) is 5. The lowest BCUT2D eigenvalue weighted by atomic mass is 9.92. The maximum absolute atomic E-state index is 13.2. The molecule has 0 radical (unpaired) electrons. The summed E-state index contributed by atoms with van der Waals surface area (Å²) in [5.74, 6) is -2.93. The SMILES string of the molecule is Cc1cc(-c2cc(CS(=O)[O-])ccc2Oc2ccc(F)cc2)c(C(=O)O)cc1C(=O)O. The smallest absolute Gasteiger partial charge is 0.336 e. The van der Waals surface area contributed by atoms with Gasteiger partial charge in [-0.05, 0) is 66.6 Å². The summed E-state index contributed by atoms with van der Waals surface area (Å²) >= 11 is -2.38. The van der Waals surface area contributed by atoms with E-state index >= 15 is 0 Å². The van der Waals surface area contributed by atoms with E-state index in [0.29, 0.717) is 11.1 Å². The number of aryl methyl sites for hydroxylation is 1. The number of aromatic carboxylic acids is 2. The van der Waals surface area contributed by atoms with Crippen molar-refractivity contribution in [2.24, 2.45) is 0 Å². The second-order valence-electron chi connectivity index (χ2n) is 6.66. The highest BCUT2D eigenvalue weighted by atomic mass is 32.2. The molecule has 0 aliphatic heterocycles. The highest BCUT2D eigenvalue weighted by molar-refractivity contribution is 7.78. The van der Waals surface area contributed by atoms with Gasteiger partial charge in [-0.3, -0.25) is 4.21 Å². The summed E-state index contributed by atoms with van der Waals surface area (Å²) < 4.78 is 41.3. The Bertz CT molecular complexity index is 1190. The molecular formula is C22H16FO7S-. The molecule has 3 aromatic carbocycles. The van der Waals surface area contributed by atoms with Gasteiger partial charge in [0.15, 0.2) is 0 Å². The van der Waals surface area contributed by atoms with Crippen LogP contribution in [-0.4, -0.2) is 30.9 Å². The topological polar surface area (TPSA) is 124 Å². The van der Waals surface area contributed by atoms with Crippen molar-refractivity contribution in [1.29, 1.82) is 0 Å². The van der Waals surface area contributed by atoms with E-state index in [9.17, 15) is 33.0 Å². The largest absolute Gasteiger partial charge is 0.772 e. The van der Waals surface area contributed by atoms with Crippen molar-refractivity contribution in [3.05, 3.63) is 82.7 Å². The lowest BCUT2D eigenvalue weighted by Gasteiger charge is -2.17. The third-order valence-corrected chi connectivity index (χ3v) is 5.05. The molecule has 1 unspecified atom stereocenters. The minimum absolute atomic E-state index is 0.158. The maximum atomic E-state index is 13.2. The van der Waals surface area contributed by atoms with Crippen molar-refractivity contribution >= 4 is 23.0 Å². The van der Waals surface area contributed by atoms with Crippen molar-refractivity contribution in [2.45, 2.75) is 12.7 Å². The highest BCUT2D eigenvalue weighted by Crippen LogP contribution is 2.37. The van der Waals surface area contributed by atoms with Crippen LogP contribution in [0, 0.1) is 12.7 Å². The van der Waals surface area contributed by atoms with Crippen LogP contribution in [0.5, 0.6) is 11.5 Å². The Morgan fingerprint density at radius 3 is 2.19 bits per heavy atom. The second kappa shape index (κ2) is 9.07. The Morgan fingerprint density at radius 2 is 1.61 bits per heavy atom. The summed E-state index contributed by atoms with van der Waals surface area (Å²) in [6, 6.07) is 12.1. The maximum Gasteiger partial charge on any atom is 0.336 e. The average Bonchev–Trinajstić information content (AvgIpc) is 2.69. The zero-order valence-corrected chi connectivity index (χ0v) is 16.9. The molecule has 1 atom stereocenters. The molecule has 0 amide bonds. The van der Waals surface area contributed by atoms with Crippen molar-refractivity contribution in [2.75, 3.05) is 0 Å². The first-order chi connectivity index (χ1) is 14.7. The minimum Gasteiger partial charge on any atom is -0.772 e. The number of rotatable bonds is 7. The second-order valence-corrected chi connectivity index (χ2v) is 7.55. The number of carbonyl (C=O) groups is 2. The zero-order chi connectivity index (χ0) is 22.7. The van der Waals surface area contributed by atoms with Gasteiger partial charge in [0.05, 0.1) is 11.1 Å². The highest BCUT2D eigenvalue weighted by Gasteiger charge is 2.21. The Kier molecular flexibility index (Phi) is 6.47. The Morgan fingerprint density at radius 1 is 0.968 bits per heavy atom. The third-order valence-electron chi connectivity index (χ3n) is 4.49. The fourth-order valence-corrected chi connectivity index (χ4v) is 3.52. The van der Waals surface area contributed by atoms with Crippen molar-refractivity contribution in [3.63, 3.8) is 0 Å². The standard InChI is InChI=1S/C22H17FO7S/c1-12-8-17(19(22(26)27)10-16(12)21(24)25)18-9-13(11-31(28)29)2-7-20(18)30-15-5-3-14(23)4-6-15/h2-10H,11H2,1H3,(H,24,25)(H,26,27)(H,28,29)/p-1. The first kappa shape index (κ1) is 22.1. The molecule has 0 aliphatic rings.